The molecule has 2 amide bonds. The largest absolute Gasteiger partial charge is 0.289 e. The third kappa shape index (κ3) is 6.44. The zero-order chi connectivity index (χ0) is 14.8. The Labute approximate surface area is 125 Å². The van der Waals surface area contributed by atoms with Crippen LogP contribution < -0.4 is 10.9 Å². The van der Waals surface area contributed by atoms with Gasteiger partial charge in [-0.1, -0.05) is 34.1 Å². The van der Waals surface area contributed by atoms with E-state index in [-0.39, 0.29) is 18.7 Å². The number of nitrogens with one attached hydrogen (secondary N) is 2. The predicted octanol–water partition coefficient (Wildman–Crippen LogP) is 1.96. The molecule has 7 heteroatoms. The highest BCUT2D eigenvalue weighted by Crippen LogP contribution is 2.13. The monoisotopic (exact) mass is 341 g/mol. The summed E-state index contributed by atoms with van der Waals surface area (Å²) in [6.07, 6.45) is 3.13. The topological polar surface area (TPSA) is 90.8 Å². The molecule has 0 heterocycles. The summed E-state index contributed by atoms with van der Waals surface area (Å²) in [6.45, 7) is 0. The Kier molecular flexibility index (Phi) is 7.52. The van der Waals surface area contributed by atoms with Gasteiger partial charge in [0.15, 0.2) is 0 Å². The molecule has 1 rings (SSSR count). The lowest BCUT2D eigenvalue weighted by atomic mass is 10.2. The van der Waals surface area contributed by atoms with Crippen molar-refractivity contribution >= 4 is 34.0 Å². The second kappa shape index (κ2) is 9.22. The van der Waals surface area contributed by atoms with E-state index in [0.717, 1.165) is 10.0 Å². The van der Waals surface area contributed by atoms with Crippen LogP contribution in [0.4, 0.5) is 0 Å². The Morgan fingerprint density at radius 3 is 2.50 bits per heavy atom. The van der Waals surface area contributed by atoms with Crippen molar-refractivity contribution in [1.29, 1.82) is 0 Å². The number of carbonyl (C=O) groups is 2. The minimum Gasteiger partial charge on any atom is -0.289 e. The average Bonchev–Trinajstić information content (AvgIpc) is 2.45. The number of hydrogen-bond donors (Lipinski definition) is 3. The molecule has 0 fully saturated rings. The fraction of sp³-hybridized carbons (Fsp3) is 0.308. The van der Waals surface area contributed by atoms with Crippen LogP contribution in [0.25, 0.3) is 0 Å². The summed E-state index contributed by atoms with van der Waals surface area (Å²) >= 11 is 3.37. The van der Waals surface area contributed by atoms with Crippen molar-refractivity contribution in [2.45, 2.75) is 25.7 Å². The molecule has 0 saturated heterocycles. The Morgan fingerprint density at radius 1 is 1.20 bits per heavy atom. The Hall–Kier alpha value is -1.73. The van der Waals surface area contributed by atoms with Crippen LogP contribution in [0.15, 0.2) is 33.8 Å². The number of carbonyl (C=O) groups excluding carboxylic acids is 2. The summed E-state index contributed by atoms with van der Waals surface area (Å²) in [5.41, 5.74) is 4.83. The first-order valence-electron chi connectivity index (χ1n) is 6.13. The maximum atomic E-state index is 11.4. The second-order valence-corrected chi connectivity index (χ2v) is 4.91. The molecule has 0 radical (unpaired) electrons. The fourth-order valence-corrected chi connectivity index (χ4v) is 1.82. The van der Waals surface area contributed by atoms with Gasteiger partial charge in [0.25, 0.3) is 0 Å². The Balaban J connectivity index is 2.23. The molecule has 0 aliphatic rings. The van der Waals surface area contributed by atoms with Gasteiger partial charge >= 0.3 is 0 Å². The van der Waals surface area contributed by atoms with E-state index >= 15 is 0 Å². The summed E-state index contributed by atoms with van der Waals surface area (Å²) in [6, 6.07) is 7.52. The smallest absolute Gasteiger partial charge is 0.243 e. The maximum Gasteiger partial charge on any atom is 0.243 e. The van der Waals surface area contributed by atoms with Gasteiger partial charge in [-0.05, 0) is 18.9 Å². The van der Waals surface area contributed by atoms with Crippen LogP contribution >= 0.6 is 15.9 Å². The van der Waals surface area contributed by atoms with E-state index in [1.807, 2.05) is 24.3 Å². The van der Waals surface area contributed by atoms with Gasteiger partial charge in [-0.25, -0.2) is 10.9 Å². The number of hydrazone groups is 1. The summed E-state index contributed by atoms with van der Waals surface area (Å²) < 4.78 is 0.896. The molecule has 3 N–H and O–H groups in total. The van der Waals surface area contributed by atoms with E-state index in [2.05, 4.69) is 26.5 Å². The molecule has 108 valence electrons. The molecule has 0 bridgehead atoms. The number of halogens is 1. The van der Waals surface area contributed by atoms with Crippen LogP contribution in [-0.4, -0.2) is 23.2 Å². The summed E-state index contributed by atoms with van der Waals surface area (Å²) in [5.74, 6) is -0.657. The Morgan fingerprint density at radius 2 is 1.85 bits per heavy atom. The fourth-order valence-electron chi connectivity index (χ4n) is 1.44. The second-order valence-electron chi connectivity index (χ2n) is 4.06. The minimum absolute atomic E-state index is 0.198. The standard InChI is InChI=1S/C13H16BrN3O3/c14-11-6-2-1-5-10(11)9-15-16-12(18)7-3-4-8-13(19)17-20/h1-2,5-6,9,20H,3-4,7-8H2,(H,16,18)(H,17,19)/b15-9+. The lowest BCUT2D eigenvalue weighted by molar-refractivity contribution is -0.129. The first-order chi connectivity index (χ1) is 9.63. The molecule has 0 aliphatic carbocycles. The zero-order valence-corrected chi connectivity index (χ0v) is 12.4. The average molecular weight is 342 g/mol. The quantitative estimate of drug-likeness (QED) is 0.306. The molecule has 1 aromatic rings. The minimum atomic E-state index is -0.447. The third-order valence-corrected chi connectivity index (χ3v) is 3.20. The lowest BCUT2D eigenvalue weighted by Crippen LogP contribution is -2.19. The third-order valence-electron chi connectivity index (χ3n) is 2.48. The van der Waals surface area contributed by atoms with Crippen molar-refractivity contribution in [3.8, 4) is 0 Å². The number of hydroxylamine groups is 1. The molecule has 1 aromatic carbocycles. The van der Waals surface area contributed by atoms with Gasteiger partial charge < -0.3 is 0 Å². The van der Waals surface area contributed by atoms with Gasteiger partial charge in [-0.3, -0.25) is 14.8 Å². The van der Waals surface area contributed by atoms with Gasteiger partial charge in [0.2, 0.25) is 11.8 Å². The number of hydrogen-bond acceptors (Lipinski definition) is 4. The van der Waals surface area contributed by atoms with Gasteiger partial charge in [0.1, 0.15) is 0 Å². The SMILES string of the molecule is O=C(CCCCC(=O)N/N=C/c1ccccc1Br)NO. The maximum absolute atomic E-state index is 11.4. The molecule has 0 aromatic heterocycles. The van der Waals surface area contributed by atoms with E-state index in [9.17, 15) is 9.59 Å². The van der Waals surface area contributed by atoms with Crippen molar-refractivity contribution in [3.05, 3.63) is 34.3 Å². The van der Waals surface area contributed by atoms with Crippen molar-refractivity contribution in [2.75, 3.05) is 0 Å². The van der Waals surface area contributed by atoms with Gasteiger partial charge in [-0.2, -0.15) is 5.10 Å². The van der Waals surface area contributed by atoms with Crippen molar-refractivity contribution in [2.24, 2.45) is 5.10 Å². The summed E-state index contributed by atoms with van der Waals surface area (Å²) in [7, 11) is 0. The molecule has 0 spiro atoms. The molecule has 0 aliphatic heterocycles. The highest BCUT2D eigenvalue weighted by molar-refractivity contribution is 9.10. The van der Waals surface area contributed by atoms with Crippen molar-refractivity contribution in [1.82, 2.24) is 10.9 Å². The molecule has 0 saturated carbocycles. The number of amides is 2. The normalized spacial score (nSPS) is 10.5. The first-order valence-corrected chi connectivity index (χ1v) is 6.92. The van der Waals surface area contributed by atoms with Gasteiger partial charge in [0, 0.05) is 22.9 Å². The lowest BCUT2D eigenvalue weighted by Gasteiger charge is -2.00. The highest BCUT2D eigenvalue weighted by Gasteiger charge is 2.02. The molecule has 20 heavy (non-hydrogen) atoms. The van der Waals surface area contributed by atoms with Gasteiger partial charge in [-0.15, -0.1) is 0 Å². The number of benzene rings is 1. The molecular formula is C13H16BrN3O3. The van der Waals surface area contributed by atoms with Crippen molar-refractivity contribution < 1.29 is 14.8 Å². The molecule has 0 unspecified atom stereocenters. The van der Waals surface area contributed by atoms with Crippen LogP contribution in [0.1, 0.15) is 31.2 Å². The molecular weight excluding hydrogens is 326 g/mol. The van der Waals surface area contributed by atoms with E-state index in [4.69, 9.17) is 5.21 Å². The number of nitrogens with zero attached hydrogens (tertiary/aromatic N) is 1. The van der Waals surface area contributed by atoms with Crippen LogP contribution in [0.5, 0.6) is 0 Å². The Bertz CT molecular complexity index is 492. The van der Waals surface area contributed by atoms with E-state index in [1.54, 1.807) is 11.7 Å². The van der Waals surface area contributed by atoms with Gasteiger partial charge in [0.05, 0.1) is 6.21 Å². The summed E-state index contributed by atoms with van der Waals surface area (Å²) in [5, 5.41) is 12.1. The number of unbranched alkanes of at least 4 members (excludes halogenated alkanes) is 1. The van der Waals surface area contributed by atoms with Crippen LogP contribution in [0, 0.1) is 0 Å². The van der Waals surface area contributed by atoms with Crippen LogP contribution in [0.3, 0.4) is 0 Å². The predicted molar refractivity (Wildman–Crippen MR) is 78.3 cm³/mol. The summed E-state index contributed by atoms with van der Waals surface area (Å²) in [4.78, 5) is 22.2. The zero-order valence-electron chi connectivity index (χ0n) is 10.8. The highest BCUT2D eigenvalue weighted by atomic mass is 79.9. The van der Waals surface area contributed by atoms with E-state index in [1.165, 1.54) is 0 Å². The van der Waals surface area contributed by atoms with Crippen LogP contribution in [0.2, 0.25) is 0 Å². The molecule has 0 atom stereocenters. The molecule has 6 nitrogen and oxygen atoms in total. The van der Waals surface area contributed by atoms with Crippen LogP contribution in [-0.2, 0) is 9.59 Å². The first kappa shape index (κ1) is 16.3. The number of rotatable bonds is 7. The van der Waals surface area contributed by atoms with E-state index in [0.29, 0.717) is 12.8 Å². The van der Waals surface area contributed by atoms with E-state index < -0.39 is 5.91 Å². The van der Waals surface area contributed by atoms with Crippen molar-refractivity contribution in [3.63, 3.8) is 0 Å².